The Bertz CT molecular complexity index is 476. The number of nitrogens with one attached hydrogen (secondary N) is 1. The van der Waals surface area contributed by atoms with E-state index in [-0.39, 0.29) is 18.6 Å². The van der Waals surface area contributed by atoms with E-state index in [1.165, 1.54) is 19.3 Å². The maximum atomic E-state index is 12.1. The number of benzene rings is 1. The molecule has 2 unspecified atom stereocenters. The molecule has 1 N–H and O–H groups in total. The molecule has 122 valence electrons. The largest absolute Gasteiger partial charge is 0.484 e. The number of hydrogen-bond acceptors (Lipinski definition) is 3. The highest BCUT2D eigenvalue weighted by molar-refractivity contribution is 9.10. The standard InChI is InChI=1S/C17H25BrN2O2/c1-20(2)11-13-5-3-4-6-16(13)19-17(21)12-22-15-9-7-14(18)8-10-15/h7-10,13,16H,3-6,11-12H2,1-2H3,(H,19,21). The number of rotatable bonds is 6. The third-order valence-corrected chi connectivity index (χ3v) is 4.57. The summed E-state index contributed by atoms with van der Waals surface area (Å²) in [6.07, 6.45) is 4.72. The third kappa shape index (κ3) is 5.61. The van der Waals surface area contributed by atoms with Gasteiger partial charge < -0.3 is 15.0 Å². The van der Waals surface area contributed by atoms with E-state index in [1.807, 2.05) is 24.3 Å². The van der Waals surface area contributed by atoms with Gasteiger partial charge in [-0.1, -0.05) is 28.8 Å². The zero-order valence-electron chi connectivity index (χ0n) is 13.3. The molecule has 22 heavy (non-hydrogen) atoms. The van der Waals surface area contributed by atoms with Gasteiger partial charge in [0, 0.05) is 17.1 Å². The minimum Gasteiger partial charge on any atom is -0.484 e. The van der Waals surface area contributed by atoms with Crippen LogP contribution in [0.2, 0.25) is 0 Å². The molecule has 0 spiro atoms. The fraction of sp³-hybridized carbons (Fsp3) is 0.588. The molecular formula is C17H25BrN2O2. The van der Waals surface area contributed by atoms with E-state index in [9.17, 15) is 4.79 Å². The molecule has 0 heterocycles. The fourth-order valence-electron chi connectivity index (χ4n) is 3.01. The van der Waals surface area contributed by atoms with Gasteiger partial charge in [0.25, 0.3) is 5.91 Å². The van der Waals surface area contributed by atoms with Crippen LogP contribution >= 0.6 is 15.9 Å². The molecule has 0 aromatic heterocycles. The van der Waals surface area contributed by atoms with Gasteiger partial charge in [-0.2, -0.15) is 0 Å². The highest BCUT2D eigenvalue weighted by atomic mass is 79.9. The van der Waals surface area contributed by atoms with Gasteiger partial charge in [0.15, 0.2) is 6.61 Å². The average molecular weight is 369 g/mol. The summed E-state index contributed by atoms with van der Waals surface area (Å²) in [4.78, 5) is 14.3. The first kappa shape index (κ1) is 17.3. The van der Waals surface area contributed by atoms with Crippen LogP contribution in [0.4, 0.5) is 0 Å². The van der Waals surface area contributed by atoms with Crippen LogP contribution in [0.5, 0.6) is 5.75 Å². The van der Waals surface area contributed by atoms with Crippen LogP contribution in [0.25, 0.3) is 0 Å². The number of carbonyl (C=O) groups excluding carboxylic acids is 1. The molecule has 0 saturated heterocycles. The lowest BCUT2D eigenvalue weighted by Gasteiger charge is -2.33. The first-order valence-corrected chi connectivity index (χ1v) is 8.66. The van der Waals surface area contributed by atoms with Gasteiger partial charge in [-0.15, -0.1) is 0 Å². The normalized spacial score (nSPS) is 21.6. The van der Waals surface area contributed by atoms with Crippen molar-refractivity contribution in [3.8, 4) is 5.75 Å². The van der Waals surface area contributed by atoms with Crippen LogP contribution in [-0.4, -0.2) is 44.1 Å². The van der Waals surface area contributed by atoms with Crippen LogP contribution in [-0.2, 0) is 4.79 Å². The zero-order valence-corrected chi connectivity index (χ0v) is 14.9. The molecule has 5 heteroatoms. The minimum atomic E-state index is -0.0291. The first-order chi connectivity index (χ1) is 10.5. The SMILES string of the molecule is CN(C)CC1CCCCC1NC(=O)COc1ccc(Br)cc1. The van der Waals surface area contributed by atoms with Crippen molar-refractivity contribution >= 4 is 21.8 Å². The number of halogens is 1. The molecule has 0 aliphatic heterocycles. The van der Waals surface area contributed by atoms with Crippen molar-refractivity contribution in [2.45, 2.75) is 31.7 Å². The maximum Gasteiger partial charge on any atom is 0.258 e. The summed E-state index contributed by atoms with van der Waals surface area (Å²) >= 11 is 3.38. The molecule has 2 rings (SSSR count). The summed E-state index contributed by atoms with van der Waals surface area (Å²) in [6.45, 7) is 1.10. The van der Waals surface area contributed by atoms with Crippen molar-refractivity contribution in [2.24, 2.45) is 5.92 Å². The summed E-state index contributed by atoms with van der Waals surface area (Å²) in [6, 6.07) is 7.79. The van der Waals surface area contributed by atoms with E-state index in [1.54, 1.807) is 0 Å². The Hall–Kier alpha value is -1.07. The van der Waals surface area contributed by atoms with E-state index in [2.05, 4.69) is 40.2 Å². The lowest BCUT2D eigenvalue weighted by molar-refractivity contribution is -0.124. The predicted octanol–water partition coefficient (Wildman–Crippen LogP) is 3.06. The number of amides is 1. The lowest BCUT2D eigenvalue weighted by Crippen LogP contribution is -2.46. The second-order valence-corrected chi connectivity index (χ2v) is 7.14. The van der Waals surface area contributed by atoms with Crippen LogP contribution in [0.3, 0.4) is 0 Å². The fourth-order valence-corrected chi connectivity index (χ4v) is 3.28. The van der Waals surface area contributed by atoms with Crippen LogP contribution < -0.4 is 10.1 Å². The average Bonchev–Trinajstić information content (AvgIpc) is 2.48. The van der Waals surface area contributed by atoms with Gasteiger partial charge >= 0.3 is 0 Å². The van der Waals surface area contributed by atoms with Crippen molar-refractivity contribution < 1.29 is 9.53 Å². The summed E-state index contributed by atoms with van der Waals surface area (Å²) in [5.74, 6) is 1.23. The van der Waals surface area contributed by atoms with Crippen molar-refractivity contribution in [1.29, 1.82) is 0 Å². The molecule has 1 saturated carbocycles. The molecule has 1 aliphatic carbocycles. The van der Waals surface area contributed by atoms with Gasteiger partial charge in [-0.25, -0.2) is 0 Å². The predicted molar refractivity (Wildman–Crippen MR) is 92.1 cm³/mol. The Morgan fingerprint density at radius 3 is 2.64 bits per heavy atom. The number of carbonyl (C=O) groups is 1. The number of hydrogen-bond donors (Lipinski definition) is 1. The Labute approximate surface area is 141 Å². The second kappa shape index (κ2) is 8.53. The van der Waals surface area contributed by atoms with Gasteiger partial charge in [0.1, 0.15) is 5.75 Å². The Kier molecular flexibility index (Phi) is 6.70. The van der Waals surface area contributed by atoms with Gasteiger partial charge in [-0.05, 0) is 57.1 Å². The molecule has 1 amide bonds. The monoisotopic (exact) mass is 368 g/mol. The first-order valence-electron chi connectivity index (χ1n) is 7.87. The van der Waals surface area contributed by atoms with E-state index < -0.39 is 0 Å². The smallest absolute Gasteiger partial charge is 0.258 e. The summed E-state index contributed by atoms with van der Waals surface area (Å²) in [7, 11) is 4.17. The van der Waals surface area contributed by atoms with Crippen LogP contribution in [0.15, 0.2) is 28.7 Å². The second-order valence-electron chi connectivity index (χ2n) is 6.22. The maximum absolute atomic E-state index is 12.1. The molecule has 0 bridgehead atoms. The Balaban J connectivity index is 1.80. The molecule has 4 nitrogen and oxygen atoms in total. The van der Waals surface area contributed by atoms with Crippen molar-refractivity contribution in [1.82, 2.24) is 10.2 Å². The molecule has 2 atom stereocenters. The van der Waals surface area contributed by atoms with Gasteiger partial charge in [-0.3, -0.25) is 4.79 Å². The Morgan fingerprint density at radius 2 is 1.95 bits per heavy atom. The summed E-state index contributed by atoms with van der Waals surface area (Å²) in [5, 5.41) is 3.16. The van der Waals surface area contributed by atoms with E-state index >= 15 is 0 Å². The zero-order chi connectivity index (χ0) is 15.9. The van der Waals surface area contributed by atoms with Crippen LogP contribution in [0.1, 0.15) is 25.7 Å². The van der Waals surface area contributed by atoms with Crippen molar-refractivity contribution in [3.63, 3.8) is 0 Å². The van der Waals surface area contributed by atoms with Crippen LogP contribution in [0, 0.1) is 5.92 Å². The molecule has 1 fully saturated rings. The van der Waals surface area contributed by atoms with Gasteiger partial charge in [0.2, 0.25) is 0 Å². The summed E-state index contributed by atoms with van der Waals surface area (Å²) in [5.41, 5.74) is 0. The summed E-state index contributed by atoms with van der Waals surface area (Å²) < 4.78 is 6.54. The number of nitrogens with zero attached hydrogens (tertiary/aromatic N) is 1. The lowest BCUT2D eigenvalue weighted by atomic mass is 9.84. The van der Waals surface area contributed by atoms with Crippen molar-refractivity contribution in [2.75, 3.05) is 27.2 Å². The third-order valence-electron chi connectivity index (χ3n) is 4.04. The molecule has 1 aromatic rings. The highest BCUT2D eigenvalue weighted by Crippen LogP contribution is 2.25. The number of ether oxygens (including phenoxy) is 1. The molecule has 0 radical (unpaired) electrons. The minimum absolute atomic E-state index is 0.0291. The topological polar surface area (TPSA) is 41.6 Å². The van der Waals surface area contributed by atoms with E-state index in [0.717, 1.165) is 17.4 Å². The molecular weight excluding hydrogens is 344 g/mol. The van der Waals surface area contributed by atoms with E-state index in [4.69, 9.17) is 4.74 Å². The van der Waals surface area contributed by atoms with Crippen molar-refractivity contribution in [3.05, 3.63) is 28.7 Å². The Morgan fingerprint density at radius 1 is 1.27 bits per heavy atom. The highest BCUT2D eigenvalue weighted by Gasteiger charge is 2.26. The molecule has 1 aliphatic rings. The van der Waals surface area contributed by atoms with E-state index in [0.29, 0.717) is 11.7 Å². The van der Waals surface area contributed by atoms with Gasteiger partial charge in [0.05, 0.1) is 0 Å². The quantitative estimate of drug-likeness (QED) is 0.838. The molecule has 1 aromatic carbocycles.